The molecule has 1 aliphatic heterocycles. The molecule has 1 aromatic heterocycles. The van der Waals surface area contributed by atoms with Gasteiger partial charge in [-0.2, -0.15) is 0 Å². The third-order valence-electron chi connectivity index (χ3n) is 10.7. The van der Waals surface area contributed by atoms with Gasteiger partial charge in [0.05, 0.1) is 53.4 Å². The second kappa shape index (κ2) is 21.8. The first-order valence-corrected chi connectivity index (χ1v) is 22.4. The van der Waals surface area contributed by atoms with Crippen molar-refractivity contribution in [2.45, 2.75) is 68.3 Å². The zero-order valence-corrected chi connectivity index (χ0v) is 36.9. The first kappa shape index (κ1) is 45.6. The van der Waals surface area contributed by atoms with Crippen LogP contribution in [0.4, 0.5) is 0 Å². The van der Waals surface area contributed by atoms with E-state index in [1.165, 1.54) is 4.90 Å². The minimum atomic E-state index is -1.16. The van der Waals surface area contributed by atoms with Crippen molar-refractivity contribution in [3.63, 3.8) is 0 Å². The normalized spacial score (nSPS) is 16.0. The standard InChI is InChI=1S/C48H56N4O7S2/c1-5-57-25-26-58-27-28-59-32-42(54)51-44(47(3,4)61-48(37-15-9-6-10-16-37,38-17-11-7-12-18-38)39-19-13-8-14-20-39)46(56)52-31-40(53)29-41(52)45(55)49-30-35-21-23-36(24-22-35)43-34(2)50-33-60-43/h6-24,33,40-41,44,53H,5,25-32H2,1-4H3,(H,49,55)(H,51,54)/t40-,41+,44?/m1/s1. The molecule has 0 aliphatic carbocycles. The van der Waals surface area contributed by atoms with Crippen molar-refractivity contribution in [2.24, 2.45) is 0 Å². The Kier molecular flexibility index (Phi) is 16.3. The van der Waals surface area contributed by atoms with Gasteiger partial charge in [0.1, 0.15) is 18.7 Å². The van der Waals surface area contributed by atoms with Gasteiger partial charge in [-0.05, 0) is 55.5 Å². The molecule has 3 atom stereocenters. The number of hydrogen-bond acceptors (Lipinski definition) is 10. The van der Waals surface area contributed by atoms with Gasteiger partial charge in [-0.1, -0.05) is 115 Å². The Bertz CT molecular complexity index is 2060. The SMILES string of the molecule is CCOCCOCCOCC(=O)NC(C(=O)N1C[C@H](O)C[C@H]1C(=O)NCc1ccc(-c2scnc2C)cc1)C(C)(C)SC(c1ccccc1)(c1ccccc1)c1ccccc1. The number of ether oxygens (including phenoxy) is 3. The molecule has 6 rings (SSSR count). The smallest absolute Gasteiger partial charge is 0.247 e. The highest BCUT2D eigenvalue weighted by Gasteiger charge is 2.50. The number of likely N-dealkylation sites (tertiary alicyclic amines) is 1. The van der Waals surface area contributed by atoms with Gasteiger partial charge in [-0.3, -0.25) is 14.4 Å². The lowest BCUT2D eigenvalue weighted by molar-refractivity contribution is -0.142. The third-order valence-corrected chi connectivity index (χ3v) is 13.4. The number of thioether (sulfide) groups is 1. The summed E-state index contributed by atoms with van der Waals surface area (Å²) in [4.78, 5) is 49.8. The van der Waals surface area contributed by atoms with Crippen LogP contribution in [0.15, 0.2) is 121 Å². The second-order valence-corrected chi connectivity index (χ2v) is 18.1. The Hall–Kier alpha value is -4.89. The lowest BCUT2D eigenvalue weighted by atomic mass is 9.84. The predicted molar refractivity (Wildman–Crippen MR) is 241 cm³/mol. The summed E-state index contributed by atoms with van der Waals surface area (Å²) in [5.41, 5.74) is 7.67. The molecule has 3 N–H and O–H groups in total. The molecule has 0 radical (unpaired) electrons. The molecule has 5 aromatic rings. The number of amides is 3. The van der Waals surface area contributed by atoms with Gasteiger partial charge in [0.2, 0.25) is 17.7 Å². The van der Waals surface area contributed by atoms with Crippen molar-refractivity contribution in [2.75, 3.05) is 46.2 Å². The van der Waals surface area contributed by atoms with Gasteiger partial charge in [0.25, 0.3) is 0 Å². The maximum Gasteiger partial charge on any atom is 0.247 e. The minimum Gasteiger partial charge on any atom is -0.391 e. The molecule has 1 saturated heterocycles. The second-order valence-electron chi connectivity index (χ2n) is 15.4. The number of aliphatic hydroxyl groups is 1. The van der Waals surface area contributed by atoms with Gasteiger partial charge in [-0.25, -0.2) is 4.98 Å². The van der Waals surface area contributed by atoms with Gasteiger partial charge >= 0.3 is 0 Å². The van der Waals surface area contributed by atoms with Crippen molar-refractivity contribution in [1.82, 2.24) is 20.5 Å². The first-order valence-electron chi connectivity index (χ1n) is 20.7. The first-order chi connectivity index (χ1) is 29.5. The largest absolute Gasteiger partial charge is 0.391 e. The van der Waals surface area contributed by atoms with Crippen LogP contribution in [0.3, 0.4) is 0 Å². The topological polar surface area (TPSA) is 139 Å². The molecule has 61 heavy (non-hydrogen) atoms. The molecule has 322 valence electrons. The van der Waals surface area contributed by atoms with E-state index in [4.69, 9.17) is 14.2 Å². The maximum absolute atomic E-state index is 15.2. The highest BCUT2D eigenvalue weighted by atomic mass is 32.2. The lowest BCUT2D eigenvalue weighted by Crippen LogP contribution is -2.61. The number of carbonyl (C=O) groups is 3. The van der Waals surface area contributed by atoms with E-state index in [-0.39, 0.29) is 45.2 Å². The molecule has 1 aliphatic rings. The van der Waals surface area contributed by atoms with Crippen molar-refractivity contribution in [1.29, 1.82) is 0 Å². The Morgan fingerprint density at radius 2 is 1.39 bits per heavy atom. The average molecular weight is 865 g/mol. The molecule has 3 amide bonds. The summed E-state index contributed by atoms with van der Waals surface area (Å²) >= 11 is 3.13. The van der Waals surface area contributed by atoms with E-state index >= 15 is 4.79 Å². The molecule has 1 fully saturated rings. The lowest BCUT2D eigenvalue weighted by Gasteiger charge is -2.45. The van der Waals surface area contributed by atoms with Crippen LogP contribution in [-0.4, -0.2) is 102 Å². The molecule has 11 nitrogen and oxygen atoms in total. The van der Waals surface area contributed by atoms with Crippen molar-refractivity contribution >= 4 is 40.8 Å². The number of aryl methyl sites for hydroxylation is 1. The van der Waals surface area contributed by atoms with Gasteiger partial charge in [0, 0.05) is 30.9 Å². The van der Waals surface area contributed by atoms with Crippen LogP contribution in [-0.2, 0) is 39.9 Å². The fourth-order valence-electron chi connectivity index (χ4n) is 7.66. The molecule has 0 saturated carbocycles. The number of aromatic nitrogens is 1. The van der Waals surface area contributed by atoms with Crippen LogP contribution in [0.2, 0.25) is 0 Å². The highest BCUT2D eigenvalue weighted by molar-refractivity contribution is 8.02. The fraction of sp³-hybridized carbons (Fsp3) is 0.375. The number of nitrogens with zero attached hydrogens (tertiary/aromatic N) is 2. The van der Waals surface area contributed by atoms with Crippen molar-refractivity contribution in [3.05, 3.63) is 149 Å². The van der Waals surface area contributed by atoms with Gasteiger partial charge < -0.3 is 34.9 Å². The number of carbonyl (C=O) groups excluding carboxylic acids is 3. The molecule has 1 unspecified atom stereocenters. The summed E-state index contributed by atoms with van der Waals surface area (Å²) in [6.45, 7) is 9.55. The summed E-state index contributed by atoms with van der Waals surface area (Å²) in [6.07, 6.45) is -0.874. The van der Waals surface area contributed by atoms with Crippen LogP contribution in [0, 0.1) is 6.92 Å². The number of nitrogens with one attached hydrogen (secondary N) is 2. The summed E-state index contributed by atoms with van der Waals surface area (Å²) in [7, 11) is 0. The van der Waals surface area contributed by atoms with Gasteiger partial charge in [0.15, 0.2) is 0 Å². The van der Waals surface area contributed by atoms with E-state index in [9.17, 15) is 14.7 Å². The van der Waals surface area contributed by atoms with Crippen molar-refractivity contribution in [3.8, 4) is 10.4 Å². The van der Waals surface area contributed by atoms with Crippen LogP contribution < -0.4 is 10.6 Å². The molecular formula is C48H56N4O7S2. The Morgan fingerprint density at radius 3 is 1.93 bits per heavy atom. The predicted octanol–water partition coefficient (Wildman–Crippen LogP) is 6.75. The van der Waals surface area contributed by atoms with E-state index in [0.29, 0.717) is 19.8 Å². The number of aliphatic hydroxyl groups excluding tert-OH is 1. The fourth-order valence-corrected chi connectivity index (χ4v) is 10.3. The minimum absolute atomic E-state index is 0.0593. The Morgan fingerprint density at radius 1 is 0.836 bits per heavy atom. The number of β-amino-alcohol motifs (C(OH)–C–C–N with tert-alkyl or cyclic N) is 1. The zero-order chi connectivity index (χ0) is 43.2. The molecule has 13 heteroatoms. The summed E-state index contributed by atoms with van der Waals surface area (Å²) < 4.78 is 14.7. The van der Waals surface area contributed by atoms with E-state index < -0.39 is 39.5 Å². The summed E-state index contributed by atoms with van der Waals surface area (Å²) in [5.74, 6) is -1.36. The van der Waals surface area contributed by atoms with E-state index in [0.717, 1.165) is 38.4 Å². The van der Waals surface area contributed by atoms with E-state index in [2.05, 4.69) is 52.0 Å². The Balaban J connectivity index is 1.28. The summed E-state index contributed by atoms with van der Waals surface area (Å²) in [6, 6.07) is 36.2. The highest BCUT2D eigenvalue weighted by Crippen LogP contribution is 2.54. The monoisotopic (exact) mass is 864 g/mol. The van der Waals surface area contributed by atoms with E-state index in [1.807, 2.05) is 112 Å². The van der Waals surface area contributed by atoms with Crippen LogP contribution in [0.1, 0.15) is 55.1 Å². The molecular weight excluding hydrogens is 809 g/mol. The number of hydrogen-bond donors (Lipinski definition) is 3. The quantitative estimate of drug-likeness (QED) is 0.0540. The van der Waals surface area contributed by atoms with Gasteiger partial charge in [-0.15, -0.1) is 23.1 Å². The zero-order valence-electron chi connectivity index (χ0n) is 35.3. The van der Waals surface area contributed by atoms with Crippen LogP contribution in [0.25, 0.3) is 10.4 Å². The molecule has 0 bridgehead atoms. The van der Waals surface area contributed by atoms with Crippen molar-refractivity contribution < 1.29 is 33.7 Å². The van der Waals surface area contributed by atoms with E-state index in [1.54, 1.807) is 23.1 Å². The average Bonchev–Trinajstić information content (AvgIpc) is 3.90. The third kappa shape index (κ3) is 11.5. The molecule has 4 aromatic carbocycles. The van der Waals surface area contributed by atoms with Crippen LogP contribution in [0.5, 0.6) is 0 Å². The maximum atomic E-state index is 15.2. The number of rotatable bonds is 21. The number of benzene rings is 4. The molecule has 2 heterocycles. The Labute approximate surface area is 367 Å². The summed E-state index contributed by atoms with van der Waals surface area (Å²) in [5, 5.41) is 17.1. The number of thiazole rings is 1. The molecule has 0 spiro atoms. The van der Waals surface area contributed by atoms with Crippen LogP contribution >= 0.6 is 23.1 Å².